The number of ether oxygens (including phenoxy) is 1. The number of hydrogen-bond donors (Lipinski definition) is 0. The molecule has 0 amide bonds. The Kier molecular flexibility index (Phi) is 8.47. The van der Waals surface area contributed by atoms with Crippen LogP contribution >= 0.6 is 59.4 Å². The van der Waals surface area contributed by atoms with Crippen molar-refractivity contribution in [1.82, 2.24) is 9.66 Å². The van der Waals surface area contributed by atoms with E-state index in [9.17, 15) is 4.79 Å². The fourth-order valence-corrected chi connectivity index (χ4v) is 5.05. The molecule has 0 unspecified atom stereocenters. The first-order chi connectivity index (χ1) is 16.8. The summed E-state index contributed by atoms with van der Waals surface area (Å²) < 4.78 is 9.84. The van der Waals surface area contributed by atoms with Crippen LogP contribution in [0, 0.1) is 0 Å². The van der Waals surface area contributed by atoms with Gasteiger partial charge >= 0.3 is 0 Å². The van der Waals surface area contributed by atoms with Gasteiger partial charge in [0.2, 0.25) is 0 Å². The highest BCUT2D eigenvalue weighted by molar-refractivity contribution is 9.11. The lowest BCUT2D eigenvalue weighted by Gasteiger charge is -2.14. The van der Waals surface area contributed by atoms with Crippen molar-refractivity contribution in [2.75, 3.05) is 0 Å². The van der Waals surface area contributed by atoms with Crippen LogP contribution in [0.25, 0.3) is 10.9 Å². The maximum atomic E-state index is 13.3. The Bertz CT molecular complexity index is 1450. The predicted molar refractivity (Wildman–Crippen MR) is 153 cm³/mol. The van der Waals surface area contributed by atoms with Gasteiger partial charge in [0.15, 0.2) is 5.75 Å². The van der Waals surface area contributed by atoms with Gasteiger partial charge in [-0.2, -0.15) is 9.78 Å². The standard InChI is InChI=1S/C26H21Br3ClN3O2/c1-3-15(2)25-32-23-9-8-19(28)12-20(23)26(34)33(25)31-13-17-10-21(29)24(22(30)11-17)35-14-16-4-6-18(27)7-5-16/h4-13,15H,3,14H2,1-2H3/t15-/m1/s1. The fourth-order valence-electron chi connectivity index (χ4n) is 3.43. The summed E-state index contributed by atoms with van der Waals surface area (Å²) in [6.45, 7) is 4.47. The third-order valence-electron chi connectivity index (χ3n) is 5.53. The lowest BCUT2D eigenvalue weighted by atomic mass is 10.1. The zero-order valence-electron chi connectivity index (χ0n) is 18.9. The molecule has 0 saturated carbocycles. The minimum atomic E-state index is -0.220. The number of halogens is 4. The molecule has 3 aromatic carbocycles. The van der Waals surface area contributed by atoms with Crippen molar-refractivity contribution in [2.45, 2.75) is 32.8 Å². The van der Waals surface area contributed by atoms with Crippen molar-refractivity contribution >= 4 is 76.5 Å². The molecule has 5 nitrogen and oxygen atoms in total. The van der Waals surface area contributed by atoms with E-state index >= 15 is 0 Å². The van der Waals surface area contributed by atoms with Crippen LogP contribution in [0.2, 0.25) is 5.02 Å². The second kappa shape index (κ2) is 11.4. The van der Waals surface area contributed by atoms with Crippen molar-refractivity contribution < 1.29 is 4.74 Å². The summed E-state index contributed by atoms with van der Waals surface area (Å²) in [5.74, 6) is 1.21. The lowest BCUT2D eigenvalue weighted by molar-refractivity contribution is 0.304. The van der Waals surface area contributed by atoms with Crippen molar-refractivity contribution in [3.8, 4) is 5.75 Å². The molecular weight excluding hydrogens is 661 g/mol. The van der Waals surface area contributed by atoms with E-state index < -0.39 is 0 Å². The number of rotatable bonds is 7. The first-order valence-electron chi connectivity index (χ1n) is 10.9. The van der Waals surface area contributed by atoms with Crippen LogP contribution in [0.15, 0.2) is 77.9 Å². The average molecular weight is 683 g/mol. The molecule has 1 heterocycles. The molecule has 0 fully saturated rings. The van der Waals surface area contributed by atoms with E-state index in [0.29, 0.717) is 44.1 Å². The topological polar surface area (TPSA) is 56.5 Å². The number of benzene rings is 3. The molecule has 0 radical (unpaired) electrons. The number of aromatic nitrogens is 2. The molecule has 35 heavy (non-hydrogen) atoms. The third kappa shape index (κ3) is 6.05. The minimum absolute atomic E-state index is 0.0533. The Morgan fingerprint density at radius 2 is 1.80 bits per heavy atom. The Hall–Kier alpha value is -2.00. The van der Waals surface area contributed by atoms with Crippen LogP contribution < -0.4 is 10.3 Å². The van der Waals surface area contributed by atoms with Crippen LogP contribution in [-0.4, -0.2) is 15.9 Å². The molecule has 0 saturated heterocycles. The summed E-state index contributed by atoms with van der Waals surface area (Å²) in [5, 5.41) is 5.45. The molecule has 0 spiro atoms. The Morgan fingerprint density at radius 3 is 2.49 bits per heavy atom. The molecule has 180 valence electrons. The molecule has 4 rings (SSSR count). The summed E-state index contributed by atoms with van der Waals surface area (Å²) in [5.41, 5.74) is 2.17. The summed E-state index contributed by atoms with van der Waals surface area (Å²) in [4.78, 5) is 18.0. The van der Waals surface area contributed by atoms with Gasteiger partial charge in [0.1, 0.15) is 12.4 Å². The molecule has 0 bridgehead atoms. The fraction of sp³-hybridized carbons (Fsp3) is 0.192. The van der Waals surface area contributed by atoms with Crippen molar-refractivity contribution in [3.63, 3.8) is 0 Å². The SMILES string of the molecule is CC[C@@H](C)c1nc2ccc(Br)cc2c(=O)n1N=Cc1cc(Cl)c(OCc2ccc(Br)cc2)c(Br)c1. The molecule has 0 aliphatic heterocycles. The van der Waals surface area contributed by atoms with Gasteiger partial charge in [-0.15, -0.1) is 0 Å². The van der Waals surface area contributed by atoms with Gasteiger partial charge in [0, 0.05) is 14.9 Å². The van der Waals surface area contributed by atoms with Gasteiger partial charge in [-0.3, -0.25) is 4.79 Å². The monoisotopic (exact) mass is 679 g/mol. The predicted octanol–water partition coefficient (Wildman–Crippen LogP) is 8.31. The van der Waals surface area contributed by atoms with Crippen molar-refractivity contribution in [2.24, 2.45) is 5.10 Å². The van der Waals surface area contributed by atoms with Crippen molar-refractivity contribution in [1.29, 1.82) is 0 Å². The highest BCUT2D eigenvalue weighted by Gasteiger charge is 2.16. The molecule has 1 atom stereocenters. The normalized spacial score (nSPS) is 12.4. The minimum Gasteiger partial charge on any atom is -0.486 e. The lowest BCUT2D eigenvalue weighted by Crippen LogP contribution is -2.23. The second-order valence-electron chi connectivity index (χ2n) is 8.03. The first-order valence-corrected chi connectivity index (χ1v) is 13.7. The van der Waals surface area contributed by atoms with E-state index in [-0.39, 0.29) is 11.5 Å². The van der Waals surface area contributed by atoms with E-state index in [0.717, 1.165) is 20.9 Å². The van der Waals surface area contributed by atoms with Crippen molar-refractivity contribution in [3.05, 3.63) is 100 Å². The van der Waals surface area contributed by atoms with Gasteiger partial charge < -0.3 is 4.74 Å². The van der Waals surface area contributed by atoms with E-state index in [1.54, 1.807) is 18.3 Å². The molecule has 1 aromatic heterocycles. The zero-order chi connectivity index (χ0) is 25.1. The molecular formula is C26H21Br3ClN3O2. The number of nitrogens with zero attached hydrogens (tertiary/aromatic N) is 3. The highest BCUT2D eigenvalue weighted by Crippen LogP contribution is 2.35. The Balaban J connectivity index is 1.66. The van der Waals surface area contributed by atoms with Crippen LogP contribution in [0.5, 0.6) is 5.75 Å². The zero-order valence-corrected chi connectivity index (χ0v) is 24.4. The smallest absolute Gasteiger partial charge is 0.282 e. The first kappa shape index (κ1) is 26.1. The number of fused-ring (bicyclic) bond motifs is 1. The van der Waals surface area contributed by atoms with Gasteiger partial charge in [0.05, 0.1) is 26.6 Å². The molecule has 0 aliphatic carbocycles. The number of hydrogen-bond acceptors (Lipinski definition) is 4. The van der Waals surface area contributed by atoms with E-state index in [4.69, 9.17) is 21.3 Å². The molecule has 0 aliphatic rings. The van der Waals surface area contributed by atoms with Crippen LogP contribution in [-0.2, 0) is 6.61 Å². The van der Waals surface area contributed by atoms with Gasteiger partial charge in [-0.25, -0.2) is 4.98 Å². The molecule has 0 N–H and O–H groups in total. The highest BCUT2D eigenvalue weighted by atomic mass is 79.9. The van der Waals surface area contributed by atoms with E-state index in [1.807, 2.05) is 49.4 Å². The Morgan fingerprint density at radius 1 is 1.09 bits per heavy atom. The maximum Gasteiger partial charge on any atom is 0.282 e. The third-order valence-corrected chi connectivity index (χ3v) is 7.42. The quantitative estimate of drug-likeness (QED) is 0.184. The van der Waals surface area contributed by atoms with Gasteiger partial charge in [-0.1, -0.05) is 69.4 Å². The van der Waals surface area contributed by atoms with Crippen LogP contribution in [0.4, 0.5) is 0 Å². The van der Waals surface area contributed by atoms with Crippen LogP contribution in [0.1, 0.15) is 43.1 Å². The van der Waals surface area contributed by atoms with Crippen LogP contribution in [0.3, 0.4) is 0 Å². The van der Waals surface area contributed by atoms with E-state index in [2.05, 4.69) is 59.8 Å². The largest absolute Gasteiger partial charge is 0.486 e. The second-order valence-corrected chi connectivity index (χ2v) is 11.1. The Labute approximate surface area is 233 Å². The summed E-state index contributed by atoms with van der Waals surface area (Å²) >= 11 is 16.9. The summed E-state index contributed by atoms with van der Waals surface area (Å²) in [7, 11) is 0. The van der Waals surface area contributed by atoms with Gasteiger partial charge in [0.25, 0.3) is 5.56 Å². The van der Waals surface area contributed by atoms with E-state index in [1.165, 1.54) is 4.68 Å². The van der Waals surface area contributed by atoms with Gasteiger partial charge in [-0.05, 0) is 75.9 Å². The maximum absolute atomic E-state index is 13.3. The summed E-state index contributed by atoms with van der Waals surface area (Å²) in [6, 6.07) is 17.0. The molecule has 9 heteroatoms. The average Bonchev–Trinajstić information content (AvgIpc) is 2.83. The summed E-state index contributed by atoms with van der Waals surface area (Å²) in [6.07, 6.45) is 2.43. The molecule has 4 aromatic rings.